The van der Waals surface area contributed by atoms with Crippen molar-refractivity contribution in [3.05, 3.63) is 100.0 Å². The van der Waals surface area contributed by atoms with Crippen molar-refractivity contribution < 1.29 is 0 Å². The van der Waals surface area contributed by atoms with Crippen LogP contribution in [0.2, 0.25) is 0 Å². The first kappa shape index (κ1) is 17.0. The lowest BCUT2D eigenvalue weighted by atomic mass is 10.2. The molecular formula is C22H20N4O. The number of nitrogens with one attached hydrogen (secondary N) is 1. The molecular weight excluding hydrogens is 336 g/mol. The molecule has 0 aliphatic carbocycles. The summed E-state index contributed by atoms with van der Waals surface area (Å²) in [6, 6.07) is 23.4. The Balaban J connectivity index is 1.73. The number of fused-ring (bicyclic) bond motifs is 1. The molecule has 0 fully saturated rings. The predicted molar refractivity (Wildman–Crippen MR) is 108 cm³/mol. The lowest BCUT2D eigenvalue weighted by Gasteiger charge is -2.13. The second kappa shape index (κ2) is 7.41. The van der Waals surface area contributed by atoms with E-state index < -0.39 is 0 Å². The maximum Gasteiger partial charge on any atom is 0.252 e. The van der Waals surface area contributed by atoms with Gasteiger partial charge in [-0.3, -0.25) is 9.36 Å². The topological polar surface area (TPSA) is 59.8 Å². The number of pyridine rings is 1. The summed E-state index contributed by atoms with van der Waals surface area (Å²) in [4.78, 5) is 21.7. The number of nitrogens with zero attached hydrogens (tertiary/aromatic N) is 3. The highest BCUT2D eigenvalue weighted by Gasteiger charge is 2.10. The van der Waals surface area contributed by atoms with Gasteiger partial charge in [0.15, 0.2) is 0 Å². The number of aromatic nitrogens is 3. The molecule has 0 radical (unpaired) electrons. The second-order valence-electron chi connectivity index (χ2n) is 6.45. The zero-order valence-corrected chi connectivity index (χ0v) is 15.1. The molecule has 5 nitrogen and oxygen atoms in total. The van der Waals surface area contributed by atoms with E-state index in [0.717, 1.165) is 22.2 Å². The molecule has 1 N–H and O–H groups in total. The molecule has 0 saturated carbocycles. The van der Waals surface area contributed by atoms with Gasteiger partial charge in [0.2, 0.25) is 5.95 Å². The van der Waals surface area contributed by atoms with Crippen molar-refractivity contribution in [3.63, 3.8) is 0 Å². The first-order chi connectivity index (χ1) is 13.2. The van der Waals surface area contributed by atoms with Gasteiger partial charge in [0.25, 0.3) is 5.56 Å². The van der Waals surface area contributed by atoms with Gasteiger partial charge in [-0.1, -0.05) is 60.7 Å². The zero-order valence-electron chi connectivity index (χ0n) is 15.1. The van der Waals surface area contributed by atoms with Gasteiger partial charge < -0.3 is 5.32 Å². The summed E-state index contributed by atoms with van der Waals surface area (Å²) in [5.74, 6) is 0.524. The Hall–Kier alpha value is -3.47. The van der Waals surface area contributed by atoms with E-state index in [1.807, 2.05) is 67.6 Å². The quantitative estimate of drug-likeness (QED) is 0.591. The number of benzene rings is 2. The van der Waals surface area contributed by atoms with Crippen molar-refractivity contribution >= 4 is 17.0 Å². The van der Waals surface area contributed by atoms with Crippen molar-refractivity contribution in [3.8, 4) is 0 Å². The summed E-state index contributed by atoms with van der Waals surface area (Å²) >= 11 is 0. The molecule has 5 heteroatoms. The van der Waals surface area contributed by atoms with Gasteiger partial charge in [-0.05, 0) is 24.1 Å². The fourth-order valence-electron chi connectivity index (χ4n) is 3.09. The lowest BCUT2D eigenvalue weighted by Crippen LogP contribution is -2.21. The molecule has 0 amide bonds. The van der Waals surface area contributed by atoms with E-state index in [9.17, 15) is 4.79 Å². The SMILES string of the molecule is Cc1nc(NCc2ccccc2)nc2c1ccc(=O)n2Cc1ccccc1. The molecule has 0 aliphatic rings. The summed E-state index contributed by atoms with van der Waals surface area (Å²) < 4.78 is 1.70. The van der Waals surface area contributed by atoms with E-state index in [4.69, 9.17) is 0 Å². The Morgan fingerprint density at radius 1 is 0.852 bits per heavy atom. The van der Waals surface area contributed by atoms with Gasteiger partial charge >= 0.3 is 0 Å². The van der Waals surface area contributed by atoms with Gasteiger partial charge in [-0.15, -0.1) is 0 Å². The van der Waals surface area contributed by atoms with Crippen molar-refractivity contribution in [2.45, 2.75) is 20.0 Å². The average molecular weight is 356 g/mol. The number of rotatable bonds is 5. The first-order valence-corrected chi connectivity index (χ1v) is 8.90. The summed E-state index contributed by atoms with van der Waals surface area (Å²) in [6.45, 7) is 3.04. The minimum Gasteiger partial charge on any atom is -0.350 e. The molecule has 27 heavy (non-hydrogen) atoms. The van der Waals surface area contributed by atoms with Crippen LogP contribution in [0.4, 0.5) is 5.95 Å². The standard InChI is InChI=1S/C22H20N4O/c1-16-19-12-13-20(27)26(15-18-10-6-3-7-11-18)21(19)25-22(24-16)23-14-17-8-4-2-5-9-17/h2-13H,14-15H2,1H3,(H,23,24,25). The number of aryl methyl sites for hydroxylation is 1. The molecule has 0 aliphatic heterocycles. The van der Waals surface area contributed by atoms with Crippen LogP contribution in [0.25, 0.3) is 11.0 Å². The molecule has 0 saturated heterocycles. The molecule has 0 spiro atoms. The summed E-state index contributed by atoms with van der Waals surface area (Å²) in [6.07, 6.45) is 0. The van der Waals surface area contributed by atoms with Crippen LogP contribution in [0.3, 0.4) is 0 Å². The Labute approximate surface area is 157 Å². The van der Waals surface area contributed by atoms with Crippen LogP contribution < -0.4 is 10.9 Å². The van der Waals surface area contributed by atoms with Crippen LogP contribution in [0, 0.1) is 6.92 Å². The zero-order chi connectivity index (χ0) is 18.6. The largest absolute Gasteiger partial charge is 0.350 e. The van der Waals surface area contributed by atoms with E-state index in [1.54, 1.807) is 16.7 Å². The highest BCUT2D eigenvalue weighted by molar-refractivity contribution is 5.78. The molecule has 2 aromatic heterocycles. The molecule has 2 heterocycles. The summed E-state index contributed by atoms with van der Waals surface area (Å²) in [7, 11) is 0. The van der Waals surface area contributed by atoms with E-state index in [1.165, 1.54) is 0 Å². The van der Waals surface area contributed by atoms with Crippen LogP contribution in [-0.2, 0) is 13.1 Å². The van der Waals surface area contributed by atoms with Crippen LogP contribution >= 0.6 is 0 Å². The third-order valence-electron chi connectivity index (χ3n) is 4.51. The third kappa shape index (κ3) is 3.72. The highest BCUT2D eigenvalue weighted by Crippen LogP contribution is 2.17. The lowest BCUT2D eigenvalue weighted by molar-refractivity contribution is 0.780. The third-order valence-corrected chi connectivity index (χ3v) is 4.51. The van der Waals surface area contributed by atoms with Gasteiger partial charge in [0.1, 0.15) is 5.65 Å². The van der Waals surface area contributed by atoms with Crippen molar-refractivity contribution in [1.29, 1.82) is 0 Å². The molecule has 0 atom stereocenters. The van der Waals surface area contributed by atoms with Gasteiger partial charge in [-0.25, -0.2) is 4.98 Å². The smallest absolute Gasteiger partial charge is 0.252 e. The van der Waals surface area contributed by atoms with Crippen molar-refractivity contribution in [2.75, 3.05) is 5.32 Å². The van der Waals surface area contributed by atoms with E-state index >= 15 is 0 Å². The van der Waals surface area contributed by atoms with Crippen LogP contribution in [0.5, 0.6) is 0 Å². The van der Waals surface area contributed by atoms with Gasteiger partial charge in [0.05, 0.1) is 12.2 Å². The molecule has 0 bridgehead atoms. The molecule has 0 unspecified atom stereocenters. The minimum atomic E-state index is -0.0709. The number of anilines is 1. The van der Waals surface area contributed by atoms with Gasteiger partial charge in [0, 0.05) is 18.0 Å². The fourth-order valence-corrected chi connectivity index (χ4v) is 3.09. The van der Waals surface area contributed by atoms with Crippen LogP contribution in [-0.4, -0.2) is 14.5 Å². The maximum absolute atomic E-state index is 12.5. The fraction of sp³-hybridized carbons (Fsp3) is 0.136. The van der Waals surface area contributed by atoms with Crippen molar-refractivity contribution in [2.24, 2.45) is 0 Å². The Morgan fingerprint density at radius 2 is 1.52 bits per heavy atom. The monoisotopic (exact) mass is 356 g/mol. The molecule has 4 aromatic rings. The molecule has 4 rings (SSSR count). The summed E-state index contributed by atoms with van der Waals surface area (Å²) in [5.41, 5.74) is 3.63. The minimum absolute atomic E-state index is 0.0709. The molecule has 2 aromatic carbocycles. The highest BCUT2D eigenvalue weighted by atomic mass is 16.1. The maximum atomic E-state index is 12.5. The Morgan fingerprint density at radius 3 is 2.22 bits per heavy atom. The van der Waals surface area contributed by atoms with Crippen LogP contribution in [0.1, 0.15) is 16.8 Å². The average Bonchev–Trinajstić information content (AvgIpc) is 2.70. The first-order valence-electron chi connectivity index (χ1n) is 8.90. The van der Waals surface area contributed by atoms with Crippen molar-refractivity contribution in [1.82, 2.24) is 14.5 Å². The predicted octanol–water partition coefficient (Wildman–Crippen LogP) is 3.76. The second-order valence-corrected chi connectivity index (χ2v) is 6.45. The van der Waals surface area contributed by atoms with E-state index in [0.29, 0.717) is 24.7 Å². The van der Waals surface area contributed by atoms with Crippen LogP contribution in [0.15, 0.2) is 77.6 Å². The van der Waals surface area contributed by atoms with E-state index in [-0.39, 0.29) is 5.56 Å². The van der Waals surface area contributed by atoms with Gasteiger partial charge in [-0.2, -0.15) is 4.98 Å². The number of hydrogen-bond donors (Lipinski definition) is 1. The Bertz CT molecular complexity index is 1120. The summed E-state index contributed by atoms with van der Waals surface area (Å²) in [5, 5.41) is 4.15. The molecule has 134 valence electrons. The Kier molecular flexibility index (Phi) is 4.66. The van der Waals surface area contributed by atoms with E-state index in [2.05, 4.69) is 15.3 Å². The normalized spacial score (nSPS) is 10.9. The number of hydrogen-bond acceptors (Lipinski definition) is 4.